The van der Waals surface area contributed by atoms with Crippen molar-refractivity contribution in [3.05, 3.63) is 58.1 Å². The number of carbonyl (C=O) groups excluding carboxylic acids is 1. The Labute approximate surface area is 143 Å². The number of hydroxylamine groups is 1. The van der Waals surface area contributed by atoms with Gasteiger partial charge in [0.1, 0.15) is 4.90 Å². The van der Waals surface area contributed by atoms with Gasteiger partial charge in [0.05, 0.1) is 11.4 Å². The second kappa shape index (κ2) is 7.18. The van der Waals surface area contributed by atoms with Gasteiger partial charge in [0.2, 0.25) is 5.91 Å². The van der Waals surface area contributed by atoms with E-state index in [1.807, 2.05) is 0 Å². The van der Waals surface area contributed by atoms with Gasteiger partial charge in [0.15, 0.2) is 0 Å². The summed E-state index contributed by atoms with van der Waals surface area (Å²) in [5, 5.41) is 8.77. The molecule has 122 valence electrons. The number of hydrogen-bond acceptors (Lipinski definition) is 4. The first-order valence-corrected chi connectivity index (χ1v) is 8.55. The van der Waals surface area contributed by atoms with Gasteiger partial charge in [-0.15, -0.1) is 0 Å². The molecule has 0 unspecified atom stereocenters. The highest BCUT2D eigenvalue weighted by atomic mass is 35.5. The maximum Gasteiger partial charge on any atom is 0.263 e. The molecule has 0 radical (unpaired) electrons. The summed E-state index contributed by atoms with van der Waals surface area (Å²) >= 11 is 11.7. The molecule has 2 aromatic rings. The molecule has 0 fully saturated rings. The van der Waals surface area contributed by atoms with E-state index < -0.39 is 15.9 Å². The Bertz CT molecular complexity index is 823. The predicted molar refractivity (Wildman–Crippen MR) is 87.3 cm³/mol. The van der Waals surface area contributed by atoms with Crippen LogP contribution >= 0.6 is 23.2 Å². The lowest BCUT2D eigenvalue weighted by molar-refractivity contribution is -0.128. The fraction of sp³-hybridized carbons (Fsp3) is 0.0714. The largest absolute Gasteiger partial charge is 0.289 e. The molecule has 3 N–H and O–H groups in total. The molecule has 6 nitrogen and oxygen atoms in total. The molecule has 0 aliphatic heterocycles. The van der Waals surface area contributed by atoms with E-state index in [4.69, 9.17) is 28.4 Å². The Morgan fingerprint density at radius 1 is 1.09 bits per heavy atom. The van der Waals surface area contributed by atoms with Crippen molar-refractivity contribution in [2.24, 2.45) is 0 Å². The number of amides is 1. The zero-order chi connectivity index (χ0) is 17.0. The zero-order valence-electron chi connectivity index (χ0n) is 11.6. The number of benzene rings is 2. The van der Waals surface area contributed by atoms with Crippen molar-refractivity contribution in [1.82, 2.24) is 5.48 Å². The second-order valence-electron chi connectivity index (χ2n) is 4.59. The molecule has 0 spiro atoms. The maximum absolute atomic E-state index is 12.3. The van der Waals surface area contributed by atoms with Gasteiger partial charge in [-0.2, -0.15) is 0 Å². The van der Waals surface area contributed by atoms with Gasteiger partial charge in [-0.05, 0) is 35.9 Å². The summed E-state index contributed by atoms with van der Waals surface area (Å²) in [5.41, 5.74) is 2.43. The average Bonchev–Trinajstić information content (AvgIpc) is 2.51. The van der Waals surface area contributed by atoms with Crippen LogP contribution in [0.3, 0.4) is 0 Å². The normalized spacial score (nSPS) is 11.1. The SMILES string of the molecule is O=C(Cc1ccc(NS(=O)(=O)c2cc(Cl)ccc2Cl)cc1)NO. The van der Waals surface area contributed by atoms with Crippen LogP contribution in [0.5, 0.6) is 0 Å². The van der Waals surface area contributed by atoms with Crippen molar-refractivity contribution in [1.29, 1.82) is 0 Å². The molecular formula is C14H12Cl2N2O4S. The van der Waals surface area contributed by atoms with Crippen LogP contribution < -0.4 is 10.2 Å². The molecule has 1 amide bonds. The molecule has 23 heavy (non-hydrogen) atoms. The maximum atomic E-state index is 12.3. The Balaban J connectivity index is 2.20. The topological polar surface area (TPSA) is 95.5 Å². The standard InChI is InChI=1S/C14H12Cl2N2O4S/c15-10-3-6-12(16)13(8-10)23(21,22)18-11-4-1-9(2-5-11)7-14(19)17-20/h1-6,8,18,20H,7H2,(H,17,19). The lowest BCUT2D eigenvalue weighted by Gasteiger charge is -2.10. The van der Waals surface area contributed by atoms with E-state index >= 15 is 0 Å². The van der Waals surface area contributed by atoms with Crippen molar-refractivity contribution in [3.8, 4) is 0 Å². The monoisotopic (exact) mass is 374 g/mol. The molecule has 2 rings (SSSR count). The molecule has 0 bridgehead atoms. The summed E-state index contributed by atoms with van der Waals surface area (Å²) in [4.78, 5) is 10.9. The summed E-state index contributed by atoms with van der Waals surface area (Å²) in [5.74, 6) is -0.566. The van der Waals surface area contributed by atoms with Gasteiger partial charge in [0, 0.05) is 10.7 Å². The molecule has 0 aromatic heterocycles. The van der Waals surface area contributed by atoms with E-state index in [9.17, 15) is 13.2 Å². The number of hydrogen-bond donors (Lipinski definition) is 3. The van der Waals surface area contributed by atoms with Crippen LogP contribution in [0.2, 0.25) is 10.0 Å². The van der Waals surface area contributed by atoms with E-state index in [0.717, 1.165) is 0 Å². The first-order valence-electron chi connectivity index (χ1n) is 6.31. The minimum Gasteiger partial charge on any atom is -0.289 e. The van der Waals surface area contributed by atoms with E-state index in [1.54, 1.807) is 12.1 Å². The Morgan fingerprint density at radius 2 is 1.74 bits per heavy atom. The lowest BCUT2D eigenvalue weighted by atomic mass is 10.1. The number of nitrogens with one attached hydrogen (secondary N) is 2. The van der Waals surface area contributed by atoms with Gasteiger partial charge in [-0.1, -0.05) is 35.3 Å². The first-order chi connectivity index (χ1) is 10.8. The number of anilines is 1. The molecule has 0 aliphatic carbocycles. The number of carbonyl (C=O) groups is 1. The molecule has 0 aliphatic rings. The third-order valence-electron chi connectivity index (χ3n) is 2.88. The predicted octanol–water partition coefficient (Wildman–Crippen LogP) is 2.84. The van der Waals surface area contributed by atoms with Crippen molar-refractivity contribution in [2.45, 2.75) is 11.3 Å². The highest BCUT2D eigenvalue weighted by Crippen LogP contribution is 2.26. The molecular weight excluding hydrogens is 363 g/mol. The average molecular weight is 375 g/mol. The first kappa shape index (κ1) is 17.6. The zero-order valence-corrected chi connectivity index (χ0v) is 13.9. The summed E-state index contributed by atoms with van der Waals surface area (Å²) in [6.07, 6.45) is -0.0242. The van der Waals surface area contributed by atoms with Crippen LogP contribution in [-0.4, -0.2) is 19.5 Å². The Kier molecular flexibility index (Phi) is 5.48. The van der Waals surface area contributed by atoms with E-state index in [1.165, 1.54) is 35.8 Å². The number of rotatable bonds is 5. The molecule has 2 aromatic carbocycles. The van der Waals surface area contributed by atoms with E-state index in [2.05, 4.69) is 4.72 Å². The van der Waals surface area contributed by atoms with E-state index in [-0.39, 0.29) is 21.4 Å². The van der Waals surface area contributed by atoms with Gasteiger partial charge < -0.3 is 0 Å². The number of halogens is 2. The van der Waals surface area contributed by atoms with Crippen LogP contribution in [0.15, 0.2) is 47.4 Å². The number of sulfonamides is 1. The van der Waals surface area contributed by atoms with E-state index in [0.29, 0.717) is 11.3 Å². The van der Waals surface area contributed by atoms with Crippen LogP contribution in [-0.2, 0) is 21.2 Å². The third-order valence-corrected chi connectivity index (χ3v) is 4.98. The molecule has 0 atom stereocenters. The fourth-order valence-electron chi connectivity index (χ4n) is 1.81. The van der Waals surface area contributed by atoms with Crippen molar-refractivity contribution in [2.75, 3.05) is 4.72 Å². The van der Waals surface area contributed by atoms with Crippen LogP contribution in [0.25, 0.3) is 0 Å². The molecule has 0 saturated carbocycles. The molecule has 0 heterocycles. The van der Waals surface area contributed by atoms with Crippen molar-refractivity contribution in [3.63, 3.8) is 0 Å². The van der Waals surface area contributed by atoms with Gasteiger partial charge in [-0.3, -0.25) is 14.7 Å². The summed E-state index contributed by atoms with van der Waals surface area (Å²) in [6, 6.07) is 10.3. The second-order valence-corrected chi connectivity index (χ2v) is 7.08. The Hall–Kier alpha value is -1.80. The fourth-order valence-corrected chi connectivity index (χ4v) is 3.63. The van der Waals surface area contributed by atoms with Gasteiger partial charge in [0.25, 0.3) is 10.0 Å². The lowest BCUT2D eigenvalue weighted by Crippen LogP contribution is -2.20. The minimum absolute atomic E-state index is 0.0242. The highest BCUT2D eigenvalue weighted by molar-refractivity contribution is 7.92. The minimum atomic E-state index is -3.89. The van der Waals surface area contributed by atoms with Gasteiger partial charge >= 0.3 is 0 Å². The van der Waals surface area contributed by atoms with Crippen LogP contribution in [0, 0.1) is 0 Å². The Morgan fingerprint density at radius 3 is 2.35 bits per heavy atom. The van der Waals surface area contributed by atoms with Crippen molar-refractivity contribution < 1.29 is 18.4 Å². The molecule has 0 saturated heterocycles. The highest BCUT2D eigenvalue weighted by Gasteiger charge is 2.18. The van der Waals surface area contributed by atoms with Gasteiger partial charge in [-0.25, -0.2) is 13.9 Å². The smallest absolute Gasteiger partial charge is 0.263 e. The van der Waals surface area contributed by atoms with Crippen LogP contribution in [0.4, 0.5) is 5.69 Å². The summed E-state index contributed by atoms with van der Waals surface area (Å²) in [6.45, 7) is 0. The molecule has 9 heteroatoms. The van der Waals surface area contributed by atoms with Crippen molar-refractivity contribution >= 4 is 44.8 Å². The quantitative estimate of drug-likeness (QED) is 0.553. The van der Waals surface area contributed by atoms with Crippen LogP contribution in [0.1, 0.15) is 5.56 Å². The summed E-state index contributed by atoms with van der Waals surface area (Å²) < 4.78 is 27.0. The summed E-state index contributed by atoms with van der Waals surface area (Å²) in [7, 11) is -3.89. The third kappa shape index (κ3) is 4.59.